The second-order valence-electron chi connectivity index (χ2n) is 5.12. The molecule has 0 amide bonds. The summed E-state index contributed by atoms with van der Waals surface area (Å²) in [6.45, 7) is 4.40. The smallest absolute Gasteiger partial charge is 0.181 e. The molecule has 0 atom stereocenters. The van der Waals surface area contributed by atoms with Gasteiger partial charge in [-0.1, -0.05) is 0 Å². The Kier molecular flexibility index (Phi) is 3.97. The number of rotatable bonds is 5. The first kappa shape index (κ1) is 14.4. The van der Waals surface area contributed by atoms with Crippen LogP contribution in [0.2, 0.25) is 0 Å². The first-order valence-corrected chi connectivity index (χ1v) is 7.14. The molecule has 0 fully saturated rings. The predicted molar refractivity (Wildman–Crippen MR) is 81.2 cm³/mol. The molecule has 22 heavy (non-hydrogen) atoms. The van der Waals surface area contributed by atoms with Crippen LogP contribution in [0.5, 0.6) is 0 Å². The molecule has 0 saturated heterocycles. The van der Waals surface area contributed by atoms with Crippen molar-refractivity contribution in [3.63, 3.8) is 0 Å². The molecule has 3 aromatic heterocycles. The van der Waals surface area contributed by atoms with E-state index < -0.39 is 0 Å². The third kappa shape index (κ3) is 2.75. The molecule has 114 valence electrons. The number of aliphatic hydroxyl groups is 1. The minimum atomic E-state index is 0.0233. The van der Waals surface area contributed by atoms with Crippen LogP contribution in [-0.4, -0.2) is 41.7 Å². The van der Waals surface area contributed by atoms with E-state index in [2.05, 4.69) is 25.3 Å². The highest BCUT2D eigenvalue weighted by Gasteiger charge is 2.15. The molecule has 7 heteroatoms. The van der Waals surface area contributed by atoms with Crippen molar-refractivity contribution in [1.82, 2.24) is 29.9 Å². The lowest BCUT2D eigenvalue weighted by atomic mass is 10.1. The first-order valence-electron chi connectivity index (χ1n) is 7.14. The third-order valence-corrected chi connectivity index (χ3v) is 3.61. The molecule has 3 rings (SSSR count). The maximum atomic E-state index is 9.24. The number of H-pyrrole nitrogens is 1. The van der Waals surface area contributed by atoms with Gasteiger partial charge in [-0.25, -0.2) is 9.67 Å². The molecule has 0 aliphatic rings. The van der Waals surface area contributed by atoms with E-state index in [0.717, 1.165) is 28.3 Å². The topological polar surface area (TPSA) is 92.5 Å². The number of aromatic amines is 1. The van der Waals surface area contributed by atoms with Crippen molar-refractivity contribution in [3.05, 3.63) is 47.3 Å². The molecule has 0 bridgehead atoms. The Bertz CT molecular complexity index is 742. The molecule has 2 N–H and O–H groups in total. The zero-order valence-corrected chi connectivity index (χ0v) is 12.6. The average Bonchev–Trinajstić information content (AvgIpc) is 3.07. The molecule has 0 aromatic carbocycles. The van der Waals surface area contributed by atoms with E-state index >= 15 is 0 Å². The fourth-order valence-corrected chi connectivity index (χ4v) is 2.39. The lowest BCUT2D eigenvalue weighted by molar-refractivity contribution is 0.267. The van der Waals surface area contributed by atoms with Crippen molar-refractivity contribution in [3.8, 4) is 11.4 Å². The highest BCUT2D eigenvalue weighted by atomic mass is 16.3. The third-order valence-electron chi connectivity index (χ3n) is 3.61. The molecule has 3 aromatic rings. The maximum Gasteiger partial charge on any atom is 0.181 e. The quantitative estimate of drug-likeness (QED) is 0.740. The molecule has 0 spiro atoms. The molecule has 0 aliphatic carbocycles. The summed E-state index contributed by atoms with van der Waals surface area (Å²) in [6, 6.07) is 3.74. The Labute approximate surface area is 128 Å². The summed E-state index contributed by atoms with van der Waals surface area (Å²) in [4.78, 5) is 8.63. The number of hydrogen-bond donors (Lipinski definition) is 2. The van der Waals surface area contributed by atoms with E-state index in [1.165, 1.54) is 0 Å². The van der Waals surface area contributed by atoms with E-state index in [-0.39, 0.29) is 6.61 Å². The van der Waals surface area contributed by atoms with Gasteiger partial charge in [-0.2, -0.15) is 10.2 Å². The summed E-state index contributed by atoms with van der Waals surface area (Å²) in [5.41, 5.74) is 4.02. The molecule has 0 aliphatic heterocycles. The van der Waals surface area contributed by atoms with Gasteiger partial charge in [0.2, 0.25) is 0 Å². The van der Waals surface area contributed by atoms with Gasteiger partial charge in [0.15, 0.2) is 5.82 Å². The molecule has 3 heterocycles. The van der Waals surface area contributed by atoms with Crippen LogP contribution < -0.4 is 0 Å². The summed E-state index contributed by atoms with van der Waals surface area (Å²) >= 11 is 0. The first-order chi connectivity index (χ1) is 10.7. The van der Waals surface area contributed by atoms with Crippen LogP contribution >= 0.6 is 0 Å². The van der Waals surface area contributed by atoms with Crippen LogP contribution in [0.3, 0.4) is 0 Å². The van der Waals surface area contributed by atoms with Crippen LogP contribution in [-0.2, 0) is 13.0 Å². The number of hydrogen-bond acceptors (Lipinski definition) is 5. The number of aliphatic hydroxyl groups excluding tert-OH is 1. The Morgan fingerprint density at radius 1 is 1.23 bits per heavy atom. The number of nitrogens with zero attached hydrogens (tertiary/aromatic N) is 5. The molecule has 7 nitrogen and oxygen atoms in total. The summed E-state index contributed by atoms with van der Waals surface area (Å²) in [5, 5.41) is 20.9. The van der Waals surface area contributed by atoms with Gasteiger partial charge in [0.1, 0.15) is 5.82 Å². The van der Waals surface area contributed by atoms with Gasteiger partial charge < -0.3 is 5.11 Å². The number of pyridine rings is 1. The Morgan fingerprint density at radius 3 is 2.64 bits per heavy atom. The highest BCUT2D eigenvalue weighted by Crippen LogP contribution is 2.18. The van der Waals surface area contributed by atoms with Crippen molar-refractivity contribution in [2.75, 3.05) is 6.61 Å². The number of aryl methyl sites for hydroxylation is 2. The van der Waals surface area contributed by atoms with Crippen molar-refractivity contribution in [2.45, 2.75) is 26.8 Å². The van der Waals surface area contributed by atoms with Crippen molar-refractivity contribution in [2.24, 2.45) is 0 Å². The van der Waals surface area contributed by atoms with E-state index in [9.17, 15) is 5.11 Å². The Morgan fingerprint density at radius 2 is 2.00 bits per heavy atom. The predicted octanol–water partition coefficient (Wildman–Crippen LogP) is 1.26. The van der Waals surface area contributed by atoms with Gasteiger partial charge in [-0.3, -0.25) is 10.1 Å². The van der Waals surface area contributed by atoms with Gasteiger partial charge in [-0.15, -0.1) is 0 Å². The summed E-state index contributed by atoms with van der Waals surface area (Å²) in [5.74, 6) is 1.46. The Balaban J connectivity index is 1.98. The lowest BCUT2D eigenvalue weighted by Crippen LogP contribution is -2.09. The largest absolute Gasteiger partial charge is 0.394 e. The zero-order chi connectivity index (χ0) is 15.5. The maximum absolute atomic E-state index is 9.24. The standard InChI is InChI=1S/C15H18N6O/c1-10-13(11(2)19-18-10)9-14-17-15(20-21(14)7-8-22)12-3-5-16-6-4-12/h3-6,22H,7-9H2,1-2H3,(H,18,19). The minimum absolute atomic E-state index is 0.0233. The Hall–Kier alpha value is -2.54. The SMILES string of the molecule is Cc1n[nH]c(C)c1Cc1nc(-c2ccncc2)nn1CCO. The molecular formula is C15H18N6O. The zero-order valence-electron chi connectivity index (χ0n) is 12.6. The van der Waals surface area contributed by atoms with E-state index in [4.69, 9.17) is 0 Å². The van der Waals surface area contributed by atoms with Crippen molar-refractivity contribution >= 4 is 0 Å². The molecule has 0 unspecified atom stereocenters. The normalized spacial score (nSPS) is 11.0. The fourth-order valence-electron chi connectivity index (χ4n) is 2.39. The number of nitrogens with one attached hydrogen (secondary N) is 1. The van der Waals surface area contributed by atoms with Gasteiger partial charge in [0.05, 0.1) is 18.8 Å². The van der Waals surface area contributed by atoms with Crippen LogP contribution in [0.25, 0.3) is 11.4 Å². The van der Waals surface area contributed by atoms with Crippen molar-refractivity contribution in [1.29, 1.82) is 0 Å². The summed E-state index contributed by atoms with van der Waals surface area (Å²) < 4.78 is 1.75. The van der Waals surface area contributed by atoms with E-state index in [1.807, 2.05) is 26.0 Å². The molecule has 0 radical (unpaired) electrons. The summed E-state index contributed by atoms with van der Waals surface area (Å²) in [6.07, 6.45) is 4.06. The van der Waals surface area contributed by atoms with Gasteiger partial charge in [0, 0.05) is 35.6 Å². The highest BCUT2D eigenvalue weighted by molar-refractivity contribution is 5.53. The van der Waals surface area contributed by atoms with E-state index in [1.54, 1.807) is 17.1 Å². The molecular weight excluding hydrogens is 280 g/mol. The van der Waals surface area contributed by atoms with Gasteiger partial charge >= 0.3 is 0 Å². The van der Waals surface area contributed by atoms with E-state index in [0.29, 0.717) is 18.8 Å². The monoisotopic (exact) mass is 298 g/mol. The fraction of sp³-hybridized carbons (Fsp3) is 0.333. The van der Waals surface area contributed by atoms with Crippen LogP contribution in [0.1, 0.15) is 22.8 Å². The van der Waals surface area contributed by atoms with Gasteiger partial charge in [-0.05, 0) is 26.0 Å². The minimum Gasteiger partial charge on any atom is -0.394 e. The van der Waals surface area contributed by atoms with Crippen molar-refractivity contribution < 1.29 is 5.11 Å². The second kappa shape index (κ2) is 6.07. The van der Waals surface area contributed by atoms with Crippen LogP contribution in [0, 0.1) is 13.8 Å². The molecule has 0 saturated carbocycles. The van der Waals surface area contributed by atoms with Gasteiger partial charge in [0.25, 0.3) is 0 Å². The number of aromatic nitrogens is 6. The second-order valence-corrected chi connectivity index (χ2v) is 5.12. The average molecular weight is 298 g/mol. The van der Waals surface area contributed by atoms with Crippen LogP contribution in [0.15, 0.2) is 24.5 Å². The lowest BCUT2D eigenvalue weighted by Gasteiger charge is -2.04. The summed E-state index contributed by atoms with van der Waals surface area (Å²) in [7, 11) is 0. The van der Waals surface area contributed by atoms with Crippen LogP contribution in [0.4, 0.5) is 0 Å².